The molecule has 2 nitrogen and oxygen atoms in total. The predicted octanol–water partition coefficient (Wildman–Crippen LogP) is 4.07. The summed E-state index contributed by atoms with van der Waals surface area (Å²) in [5, 5.41) is 4.34. The van der Waals surface area contributed by atoms with Crippen molar-refractivity contribution in [3.05, 3.63) is 28.8 Å². The van der Waals surface area contributed by atoms with Crippen LogP contribution in [-0.2, 0) is 6.54 Å². The van der Waals surface area contributed by atoms with Crippen LogP contribution in [0.3, 0.4) is 0 Å². The maximum atomic E-state index is 6.45. The number of hydrogen-bond donors (Lipinski definition) is 1. The number of rotatable bonds is 7. The number of halogens is 1. The number of nitrogens with one attached hydrogen (secondary N) is 1. The van der Waals surface area contributed by atoms with Gasteiger partial charge in [0.05, 0.1) is 10.7 Å². The van der Waals surface area contributed by atoms with Crippen molar-refractivity contribution in [3.63, 3.8) is 0 Å². The molecule has 19 heavy (non-hydrogen) atoms. The molecular weight excluding hydrogens is 256 g/mol. The lowest BCUT2D eigenvalue weighted by Crippen LogP contribution is -2.25. The zero-order valence-electron chi connectivity index (χ0n) is 12.2. The standard InChI is InChI=1S/C16H25ClN2/c1-4-19(14-6-7-14)16-8-5-13(9-15(16)17)11-18-10-12(2)3/h5,8-9,12,14,18H,4,6-7,10-11H2,1-3H3. The quantitative estimate of drug-likeness (QED) is 0.810. The van der Waals surface area contributed by atoms with Gasteiger partial charge >= 0.3 is 0 Å². The van der Waals surface area contributed by atoms with Gasteiger partial charge in [-0.15, -0.1) is 0 Å². The average molecular weight is 281 g/mol. The third-order valence-electron chi connectivity index (χ3n) is 3.53. The van der Waals surface area contributed by atoms with Gasteiger partial charge < -0.3 is 10.2 Å². The van der Waals surface area contributed by atoms with Gasteiger partial charge in [-0.25, -0.2) is 0 Å². The van der Waals surface area contributed by atoms with Crippen molar-refractivity contribution >= 4 is 17.3 Å². The smallest absolute Gasteiger partial charge is 0.0642 e. The van der Waals surface area contributed by atoms with Gasteiger partial charge in [0.25, 0.3) is 0 Å². The van der Waals surface area contributed by atoms with Crippen LogP contribution in [-0.4, -0.2) is 19.1 Å². The monoisotopic (exact) mass is 280 g/mol. The van der Waals surface area contributed by atoms with E-state index in [4.69, 9.17) is 11.6 Å². The molecule has 0 unspecified atom stereocenters. The molecule has 1 saturated carbocycles. The van der Waals surface area contributed by atoms with Crippen LogP contribution in [0.4, 0.5) is 5.69 Å². The first-order valence-corrected chi connectivity index (χ1v) is 7.75. The van der Waals surface area contributed by atoms with E-state index in [2.05, 4.69) is 49.2 Å². The summed E-state index contributed by atoms with van der Waals surface area (Å²) in [4.78, 5) is 2.42. The van der Waals surface area contributed by atoms with Crippen LogP contribution >= 0.6 is 11.6 Å². The fourth-order valence-electron chi connectivity index (χ4n) is 2.41. The van der Waals surface area contributed by atoms with Crippen LogP contribution in [0.25, 0.3) is 0 Å². The molecule has 0 heterocycles. The SMILES string of the molecule is CCN(c1ccc(CNCC(C)C)cc1Cl)C1CC1. The Morgan fingerprint density at radius 3 is 2.63 bits per heavy atom. The average Bonchev–Trinajstić information content (AvgIpc) is 3.17. The summed E-state index contributed by atoms with van der Waals surface area (Å²) in [7, 11) is 0. The van der Waals surface area contributed by atoms with Crippen LogP contribution in [0, 0.1) is 5.92 Å². The van der Waals surface area contributed by atoms with Crippen LogP contribution in [0.1, 0.15) is 39.2 Å². The summed E-state index contributed by atoms with van der Waals surface area (Å²) in [6, 6.07) is 7.19. The Bertz CT molecular complexity index is 413. The molecule has 0 amide bonds. The van der Waals surface area contributed by atoms with Crippen molar-refractivity contribution < 1.29 is 0 Å². The van der Waals surface area contributed by atoms with Crippen molar-refractivity contribution in [1.29, 1.82) is 0 Å². The lowest BCUT2D eigenvalue weighted by Gasteiger charge is -2.24. The first-order chi connectivity index (χ1) is 9.11. The van der Waals surface area contributed by atoms with E-state index in [9.17, 15) is 0 Å². The summed E-state index contributed by atoms with van der Waals surface area (Å²) in [5.41, 5.74) is 2.46. The van der Waals surface area contributed by atoms with Gasteiger partial charge in [-0.3, -0.25) is 0 Å². The highest BCUT2D eigenvalue weighted by atomic mass is 35.5. The van der Waals surface area contributed by atoms with Crippen molar-refractivity contribution in [2.24, 2.45) is 5.92 Å². The van der Waals surface area contributed by atoms with Crippen LogP contribution in [0.5, 0.6) is 0 Å². The first-order valence-electron chi connectivity index (χ1n) is 7.37. The molecular formula is C16H25ClN2. The summed E-state index contributed by atoms with van der Waals surface area (Å²) in [6.45, 7) is 9.62. The number of nitrogens with zero attached hydrogens (tertiary/aromatic N) is 1. The van der Waals surface area contributed by atoms with E-state index in [0.717, 1.165) is 24.7 Å². The van der Waals surface area contributed by atoms with Crippen molar-refractivity contribution in [1.82, 2.24) is 5.32 Å². The van der Waals surface area contributed by atoms with Gasteiger partial charge in [0.1, 0.15) is 0 Å². The Morgan fingerprint density at radius 2 is 2.11 bits per heavy atom. The second-order valence-corrected chi connectivity index (χ2v) is 6.23. The molecule has 0 bridgehead atoms. The zero-order valence-corrected chi connectivity index (χ0v) is 13.0. The molecule has 1 aromatic carbocycles. The van der Waals surface area contributed by atoms with E-state index in [1.807, 2.05) is 0 Å². The molecule has 1 aromatic rings. The van der Waals surface area contributed by atoms with Crippen molar-refractivity contribution in [2.75, 3.05) is 18.0 Å². The van der Waals surface area contributed by atoms with E-state index in [1.165, 1.54) is 24.1 Å². The minimum absolute atomic E-state index is 0.681. The van der Waals surface area contributed by atoms with Crippen LogP contribution in [0.2, 0.25) is 5.02 Å². The maximum Gasteiger partial charge on any atom is 0.0642 e. The highest BCUT2D eigenvalue weighted by Crippen LogP contribution is 2.35. The van der Waals surface area contributed by atoms with E-state index in [0.29, 0.717) is 12.0 Å². The Balaban J connectivity index is 1.99. The normalized spacial score (nSPS) is 15.0. The van der Waals surface area contributed by atoms with E-state index in [-0.39, 0.29) is 0 Å². The molecule has 1 aliphatic carbocycles. The molecule has 3 heteroatoms. The first kappa shape index (κ1) is 14.7. The summed E-state index contributed by atoms with van der Waals surface area (Å²) < 4.78 is 0. The summed E-state index contributed by atoms with van der Waals surface area (Å²) >= 11 is 6.45. The third-order valence-corrected chi connectivity index (χ3v) is 3.83. The molecule has 1 N–H and O–H groups in total. The minimum atomic E-state index is 0.681. The summed E-state index contributed by atoms with van der Waals surface area (Å²) in [5.74, 6) is 0.681. The van der Waals surface area contributed by atoms with Crippen LogP contribution in [0.15, 0.2) is 18.2 Å². The highest BCUT2D eigenvalue weighted by molar-refractivity contribution is 6.33. The van der Waals surface area contributed by atoms with Gasteiger partial charge in [0.15, 0.2) is 0 Å². The van der Waals surface area contributed by atoms with Crippen molar-refractivity contribution in [2.45, 2.75) is 46.2 Å². The Hall–Kier alpha value is -0.730. The molecule has 1 fully saturated rings. The molecule has 106 valence electrons. The highest BCUT2D eigenvalue weighted by Gasteiger charge is 2.29. The van der Waals surface area contributed by atoms with Gasteiger partial charge in [-0.1, -0.05) is 31.5 Å². The number of benzene rings is 1. The van der Waals surface area contributed by atoms with Gasteiger partial charge in [-0.2, -0.15) is 0 Å². The molecule has 0 spiro atoms. The minimum Gasteiger partial charge on any atom is -0.368 e. The van der Waals surface area contributed by atoms with E-state index < -0.39 is 0 Å². The summed E-state index contributed by atoms with van der Waals surface area (Å²) in [6.07, 6.45) is 2.61. The Morgan fingerprint density at radius 1 is 1.37 bits per heavy atom. The second kappa shape index (κ2) is 6.62. The molecule has 1 aliphatic rings. The third kappa shape index (κ3) is 4.12. The van der Waals surface area contributed by atoms with Crippen LogP contribution < -0.4 is 10.2 Å². The maximum absolute atomic E-state index is 6.45. The second-order valence-electron chi connectivity index (χ2n) is 5.83. The van der Waals surface area contributed by atoms with E-state index in [1.54, 1.807) is 0 Å². The van der Waals surface area contributed by atoms with E-state index >= 15 is 0 Å². The van der Waals surface area contributed by atoms with Crippen molar-refractivity contribution in [3.8, 4) is 0 Å². The molecule has 0 radical (unpaired) electrons. The largest absolute Gasteiger partial charge is 0.368 e. The molecule has 0 aromatic heterocycles. The lowest BCUT2D eigenvalue weighted by molar-refractivity contribution is 0.552. The molecule has 0 atom stereocenters. The zero-order chi connectivity index (χ0) is 13.8. The number of hydrogen-bond acceptors (Lipinski definition) is 2. The number of anilines is 1. The molecule has 0 aliphatic heterocycles. The lowest BCUT2D eigenvalue weighted by atomic mass is 10.1. The Kier molecular flexibility index (Phi) is 5.12. The fourth-order valence-corrected chi connectivity index (χ4v) is 2.72. The topological polar surface area (TPSA) is 15.3 Å². The van der Waals surface area contributed by atoms with Gasteiger partial charge in [0.2, 0.25) is 0 Å². The molecule has 2 rings (SSSR count). The van der Waals surface area contributed by atoms with Gasteiger partial charge in [-0.05, 0) is 49.9 Å². The molecule has 0 saturated heterocycles. The Labute approximate surface area is 122 Å². The van der Waals surface area contributed by atoms with Gasteiger partial charge in [0, 0.05) is 19.1 Å². The predicted molar refractivity (Wildman–Crippen MR) is 84.0 cm³/mol. The fraction of sp³-hybridized carbons (Fsp3) is 0.625.